The van der Waals surface area contributed by atoms with Gasteiger partial charge in [-0.1, -0.05) is 19.8 Å². The van der Waals surface area contributed by atoms with Gasteiger partial charge in [0.25, 0.3) is 6.48 Å². The fourth-order valence-corrected chi connectivity index (χ4v) is 2.40. The summed E-state index contributed by atoms with van der Waals surface area (Å²) in [5.74, 6) is 0. The molecule has 4 heteroatoms. The van der Waals surface area contributed by atoms with Gasteiger partial charge in [0.2, 0.25) is 0 Å². The van der Waals surface area contributed by atoms with E-state index >= 15 is 0 Å². The predicted molar refractivity (Wildman–Crippen MR) is 74.8 cm³/mol. The average Bonchev–Trinajstić information content (AvgIpc) is 2.06. The van der Waals surface area contributed by atoms with Crippen LogP contribution in [0.3, 0.4) is 0 Å². The van der Waals surface area contributed by atoms with Crippen molar-refractivity contribution in [1.29, 1.82) is 0 Å². The number of ether oxygens (including phenoxy) is 2. The summed E-state index contributed by atoms with van der Waals surface area (Å²) < 4.78 is 17.4. The fourth-order valence-electron chi connectivity index (χ4n) is 1.20. The normalized spacial score (nSPS) is 14.1. The molecule has 0 aliphatic rings. The highest BCUT2D eigenvalue weighted by atomic mass is 28.2. The van der Waals surface area contributed by atoms with E-state index in [-0.39, 0.29) is 11.2 Å². The summed E-state index contributed by atoms with van der Waals surface area (Å²) in [7, 11) is -0.535. The molecule has 0 rings (SSSR count). The maximum atomic E-state index is 5.79. The Bertz CT molecular complexity index is 178. The summed E-state index contributed by atoms with van der Waals surface area (Å²) in [6, 6.07) is 1.19. The van der Waals surface area contributed by atoms with Gasteiger partial charge in [-0.15, -0.1) is 0 Å². The first-order valence-electron chi connectivity index (χ1n) is 6.61. The maximum absolute atomic E-state index is 5.79. The third kappa shape index (κ3) is 12.3. The second-order valence-corrected chi connectivity index (χ2v) is 7.78. The largest absolute Gasteiger partial charge is 0.379 e. The van der Waals surface area contributed by atoms with Crippen LogP contribution in [0, 0.1) is 0 Å². The summed E-state index contributed by atoms with van der Waals surface area (Å²) >= 11 is 0. The Morgan fingerprint density at radius 2 is 1.41 bits per heavy atom. The molecule has 0 heterocycles. The molecule has 0 amide bonds. The quantitative estimate of drug-likeness (QED) is 0.400. The molecule has 0 saturated carbocycles. The summed E-state index contributed by atoms with van der Waals surface area (Å²) in [4.78, 5) is 0. The molecule has 0 aromatic heterocycles. The molecule has 0 aromatic rings. The molecule has 0 N–H and O–H groups in total. The minimum atomic E-state index is -0.535. The van der Waals surface area contributed by atoms with E-state index in [0.717, 1.165) is 0 Å². The number of rotatable bonds is 7. The van der Waals surface area contributed by atoms with Crippen molar-refractivity contribution in [3.8, 4) is 0 Å². The molecule has 0 bridgehead atoms. The predicted octanol–water partition coefficient (Wildman–Crippen LogP) is 3.22. The minimum absolute atomic E-state index is 0.241. The van der Waals surface area contributed by atoms with Crippen molar-refractivity contribution in [2.24, 2.45) is 0 Å². The Balaban J connectivity index is 4.12. The van der Waals surface area contributed by atoms with Crippen LogP contribution in [0.1, 0.15) is 61.3 Å². The van der Waals surface area contributed by atoms with Crippen LogP contribution in [-0.4, -0.2) is 27.4 Å². The van der Waals surface area contributed by atoms with E-state index in [1.807, 2.05) is 41.5 Å². The lowest BCUT2D eigenvalue weighted by Crippen LogP contribution is -2.37. The topological polar surface area (TPSA) is 27.7 Å². The lowest BCUT2D eigenvalue weighted by Gasteiger charge is -2.32. The molecule has 0 saturated heterocycles. The number of hydrogen-bond donors (Lipinski definition) is 0. The first-order valence-corrected chi connectivity index (χ1v) is 8.19. The van der Waals surface area contributed by atoms with Gasteiger partial charge < -0.3 is 13.9 Å². The van der Waals surface area contributed by atoms with E-state index in [1.54, 1.807) is 0 Å². The molecular weight excluding hydrogens is 232 g/mol. The van der Waals surface area contributed by atoms with Crippen LogP contribution < -0.4 is 0 Å². The van der Waals surface area contributed by atoms with Crippen molar-refractivity contribution in [3.63, 3.8) is 0 Å². The van der Waals surface area contributed by atoms with Crippen molar-refractivity contribution in [3.05, 3.63) is 0 Å². The van der Waals surface area contributed by atoms with E-state index in [1.165, 1.54) is 18.9 Å². The summed E-state index contributed by atoms with van der Waals surface area (Å²) in [5.41, 5.74) is -0.482. The first kappa shape index (κ1) is 17.1. The van der Waals surface area contributed by atoms with Crippen LogP contribution in [0.2, 0.25) is 6.04 Å². The van der Waals surface area contributed by atoms with E-state index in [0.29, 0.717) is 0 Å². The van der Waals surface area contributed by atoms with Crippen LogP contribution in [0.25, 0.3) is 0 Å². The Morgan fingerprint density at radius 3 is 1.76 bits per heavy atom. The number of hydrogen-bond acceptors (Lipinski definition) is 3. The second-order valence-electron chi connectivity index (χ2n) is 6.33. The second kappa shape index (κ2) is 7.51. The van der Waals surface area contributed by atoms with Gasteiger partial charge in [-0.2, -0.15) is 0 Å². The fraction of sp³-hybridized carbons (Fsp3) is 1.00. The van der Waals surface area contributed by atoms with Crippen molar-refractivity contribution >= 4 is 9.76 Å². The summed E-state index contributed by atoms with van der Waals surface area (Å²) in [6.45, 7) is 13.8. The lowest BCUT2D eigenvalue weighted by molar-refractivity contribution is -0.314. The summed E-state index contributed by atoms with van der Waals surface area (Å²) in [6.07, 6.45) is 2.46. The monoisotopic (exact) mass is 262 g/mol. The van der Waals surface area contributed by atoms with E-state index in [2.05, 4.69) is 6.92 Å². The van der Waals surface area contributed by atoms with Gasteiger partial charge in [-0.25, -0.2) is 0 Å². The van der Waals surface area contributed by atoms with Gasteiger partial charge in [0, 0.05) is 0 Å². The van der Waals surface area contributed by atoms with E-state index in [4.69, 9.17) is 13.9 Å². The van der Waals surface area contributed by atoms with Crippen molar-refractivity contribution in [1.82, 2.24) is 0 Å². The molecule has 0 aromatic carbocycles. The lowest BCUT2D eigenvalue weighted by atomic mass is 10.2. The van der Waals surface area contributed by atoms with Crippen LogP contribution >= 0.6 is 0 Å². The smallest absolute Gasteiger partial charge is 0.262 e. The SMILES string of the molecule is CCCC[SiH2]OC(OC(C)(C)C)OC(C)(C)C. The Hall–Kier alpha value is 0.0969. The van der Waals surface area contributed by atoms with Gasteiger partial charge in [0.15, 0.2) is 9.76 Å². The van der Waals surface area contributed by atoms with Crippen LogP contribution in [0.5, 0.6) is 0 Å². The van der Waals surface area contributed by atoms with Crippen LogP contribution in [0.4, 0.5) is 0 Å². The summed E-state index contributed by atoms with van der Waals surface area (Å²) in [5, 5.41) is 0. The maximum Gasteiger partial charge on any atom is 0.262 e. The third-order valence-electron chi connectivity index (χ3n) is 1.90. The Labute approximate surface area is 109 Å². The molecule has 104 valence electrons. The van der Waals surface area contributed by atoms with Gasteiger partial charge in [0.1, 0.15) is 0 Å². The molecule has 0 fully saturated rings. The highest BCUT2D eigenvalue weighted by molar-refractivity contribution is 6.27. The highest BCUT2D eigenvalue weighted by Gasteiger charge is 2.24. The van der Waals surface area contributed by atoms with Crippen molar-refractivity contribution in [2.45, 2.75) is 85.0 Å². The zero-order valence-corrected chi connectivity index (χ0v) is 14.0. The molecular formula is C13H30O3Si. The molecule has 0 radical (unpaired) electrons. The van der Waals surface area contributed by atoms with Crippen LogP contribution in [-0.2, 0) is 13.9 Å². The first-order chi connectivity index (χ1) is 7.64. The molecule has 3 nitrogen and oxygen atoms in total. The molecule has 17 heavy (non-hydrogen) atoms. The van der Waals surface area contributed by atoms with Gasteiger partial charge in [-0.05, 0) is 47.6 Å². The molecule has 0 aliphatic carbocycles. The van der Waals surface area contributed by atoms with Crippen LogP contribution in [0.15, 0.2) is 0 Å². The third-order valence-corrected chi connectivity index (χ3v) is 3.20. The van der Waals surface area contributed by atoms with Gasteiger partial charge in [0.05, 0.1) is 11.2 Å². The molecule has 0 unspecified atom stereocenters. The molecule has 0 atom stereocenters. The van der Waals surface area contributed by atoms with E-state index < -0.39 is 16.2 Å². The zero-order chi connectivity index (χ0) is 13.5. The van der Waals surface area contributed by atoms with Crippen molar-refractivity contribution < 1.29 is 13.9 Å². The highest BCUT2D eigenvalue weighted by Crippen LogP contribution is 2.18. The Kier molecular flexibility index (Phi) is 7.56. The molecule has 0 spiro atoms. The average molecular weight is 262 g/mol. The standard InChI is InChI=1S/C13H30O3Si/c1-8-9-10-17-16-11(14-12(2,3)4)15-13(5,6)7/h11H,8-10,17H2,1-7H3. The minimum Gasteiger partial charge on any atom is -0.379 e. The zero-order valence-electron chi connectivity index (χ0n) is 12.6. The Morgan fingerprint density at radius 1 is 0.941 bits per heavy atom. The van der Waals surface area contributed by atoms with Gasteiger partial charge in [-0.3, -0.25) is 0 Å². The van der Waals surface area contributed by atoms with Gasteiger partial charge >= 0.3 is 0 Å². The van der Waals surface area contributed by atoms with E-state index in [9.17, 15) is 0 Å². The number of unbranched alkanes of at least 4 members (excludes halogenated alkanes) is 1. The van der Waals surface area contributed by atoms with Crippen molar-refractivity contribution in [2.75, 3.05) is 0 Å². The molecule has 0 aliphatic heterocycles.